The Bertz CT molecular complexity index is 1470. The molecule has 3 N–H and O–H groups in total. The van der Waals surface area contributed by atoms with Crippen molar-refractivity contribution in [3.8, 4) is 17.2 Å². The number of thiophene rings is 1. The number of morpholine rings is 1. The van der Waals surface area contributed by atoms with Gasteiger partial charge in [-0.15, -0.1) is 11.3 Å². The number of fused-ring (bicyclic) bond motifs is 1. The van der Waals surface area contributed by atoms with Gasteiger partial charge in [0.15, 0.2) is 0 Å². The maximum absolute atomic E-state index is 13.8. The van der Waals surface area contributed by atoms with Crippen molar-refractivity contribution in [1.29, 1.82) is 5.26 Å². The van der Waals surface area contributed by atoms with Crippen molar-refractivity contribution in [2.75, 3.05) is 37.4 Å². The number of hydrogen-bond acceptors (Lipinski definition) is 7. The molecule has 0 atom stereocenters. The fraction of sp³-hybridized carbons (Fsp3) is 0.222. The van der Waals surface area contributed by atoms with Gasteiger partial charge in [-0.05, 0) is 41.8 Å². The molecule has 0 aliphatic carbocycles. The summed E-state index contributed by atoms with van der Waals surface area (Å²) < 4.78 is 6.16. The summed E-state index contributed by atoms with van der Waals surface area (Å²) >= 11 is 7.51. The Labute approximate surface area is 218 Å². The van der Waals surface area contributed by atoms with Crippen LogP contribution in [0.15, 0.2) is 48.5 Å². The van der Waals surface area contributed by atoms with Crippen LogP contribution in [0.5, 0.6) is 0 Å². The molecule has 0 unspecified atom stereocenters. The van der Waals surface area contributed by atoms with Gasteiger partial charge in [-0.25, -0.2) is 4.98 Å². The van der Waals surface area contributed by atoms with E-state index in [2.05, 4.69) is 35.4 Å². The summed E-state index contributed by atoms with van der Waals surface area (Å²) in [4.78, 5) is 20.2. The molecule has 0 bridgehead atoms. The van der Waals surface area contributed by atoms with E-state index in [-0.39, 0.29) is 17.3 Å². The first-order valence-corrected chi connectivity index (χ1v) is 12.8. The fourth-order valence-electron chi connectivity index (χ4n) is 4.29. The number of nitriles is 1. The number of nitrogen functional groups attached to an aromatic ring is 1. The lowest BCUT2D eigenvalue weighted by atomic mass is 9.99. The molecule has 1 aliphatic rings. The highest BCUT2D eigenvalue weighted by molar-refractivity contribution is 7.24. The quantitative estimate of drug-likeness (QED) is 0.344. The minimum atomic E-state index is -0.143. The van der Waals surface area contributed by atoms with E-state index in [0.29, 0.717) is 57.7 Å². The van der Waals surface area contributed by atoms with E-state index in [1.54, 1.807) is 17.0 Å². The molecular weight excluding hydrogens is 494 g/mol. The SMILES string of the molecule is CCc1ccc(Nc2sc3c(-c4ccc(Cl)cc4)c(C#N)c(N)nc3c2C(=O)N2CCOCC2)cc1. The number of hydrogen-bond donors (Lipinski definition) is 2. The summed E-state index contributed by atoms with van der Waals surface area (Å²) in [7, 11) is 0. The number of nitrogens with two attached hydrogens (primary N) is 1. The fourth-order valence-corrected chi connectivity index (χ4v) is 5.64. The largest absolute Gasteiger partial charge is 0.383 e. The first-order valence-electron chi connectivity index (χ1n) is 11.6. The molecule has 5 rings (SSSR count). The predicted molar refractivity (Wildman–Crippen MR) is 145 cm³/mol. The smallest absolute Gasteiger partial charge is 0.259 e. The van der Waals surface area contributed by atoms with E-state index in [0.717, 1.165) is 17.7 Å². The minimum Gasteiger partial charge on any atom is -0.383 e. The van der Waals surface area contributed by atoms with Crippen molar-refractivity contribution >= 4 is 55.6 Å². The van der Waals surface area contributed by atoms with Crippen molar-refractivity contribution < 1.29 is 9.53 Å². The highest BCUT2D eigenvalue weighted by Crippen LogP contribution is 2.45. The topological polar surface area (TPSA) is 104 Å². The number of aromatic nitrogens is 1. The standard InChI is InChI=1S/C27H24ClN5O2S/c1-2-16-3-9-19(10-4-16)31-26-22(27(34)33-11-13-35-14-12-33)23-24(36-26)21(20(15-29)25(30)32-23)17-5-7-18(28)8-6-17/h3-10,31H,2,11-14H2,1H3,(H2,30,32). The molecule has 2 aromatic carbocycles. The van der Waals surface area contributed by atoms with E-state index in [1.165, 1.54) is 16.9 Å². The van der Waals surface area contributed by atoms with E-state index in [1.807, 2.05) is 24.3 Å². The van der Waals surface area contributed by atoms with Gasteiger partial charge in [-0.2, -0.15) is 5.26 Å². The molecule has 1 saturated heterocycles. The van der Waals surface area contributed by atoms with Crippen LogP contribution in [0.2, 0.25) is 5.02 Å². The number of halogens is 1. The molecule has 0 radical (unpaired) electrons. The van der Waals surface area contributed by atoms with E-state index in [9.17, 15) is 10.1 Å². The molecule has 1 amide bonds. The van der Waals surface area contributed by atoms with Crippen LogP contribution in [0.3, 0.4) is 0 Å². The molecule has 3 heterocycles. The average Bonchev–Trinajstić information content (AvgIpc) is 3.26. The van der Waals surface area contributed by atoms with Gasteiger partial charge in [-0.1, -0.05) is 42.8 Å². The Morgan fingerprint density at radius 1 is 1.19 bits per heavy atom. The Balaban J connectivity index is 1.73. The third-order valence-electron chi connectivity index (χ3n) is 6.23. The van der Waals surface area contributed by atoms with Crippen molar-refractivity contribution in [1.82, 2.24) is 9.88 Å². The molecule has 1 fully saturated rings. The summed E-state index contributed by atoms with van der Waals surface area (Å²) in [5.41, 5.74) is 11.0. The van der Waals surface area contributed by atoms with Crippen molar-refractivity contribution in [3.63, 3.8) is 0 Å². The number of amides is 1. The third-order valence-corrected chi connectivity index (χ3v) is 7.59. The lowest BCUT2D eigenvalue weighted by Gasteiger charge is -2.27. The van der Waals surface area contributed by atoms with Gasteiger partial charge in [0.25, 0.3) is 5.91 Å². The predicted octanol–water partition coefficient (Wildman–Crippen LogP) is 5.85. The zero-order valence-corrected chi connectivity index (χ0v) is 21.2. The number of carbonyl (C=O) groups excluding carboxylic acids is 1. The summed E-state index contributed by atoms with van der Waals surface area (Å²) in [5.74, 6) is -0.0569. The number of aryl methyl sites for hydroxylation is 1. The zero-order chi connectivity index (χ0) is 25.2. The molecule has 4 aromatic rings. The van der Waals surface area contributed by atoms with Crippen LogP contribution in [0.1, 0.15) is 28.4 Å². The number of benzene rings is 2. The minimum absolute atomic E-state index is 0.0858. The number of pyridine rings is 1. The van der Waals surface area contributed by atoms with Gasteiger partial charge in [0.05, 0.1) is 23.4 Å². The number of anilines is 3. The first kappa shape index (κ1) is 24.1. The van der Waals surface area contributed by atoms with Crippen molar-refractivity contribution in [3.05, 3.63) is 70.2 Å². The Morgan fingerprint density at radius 3 is 2.53 bits per heavy atom. The second-order valence-electron chi connectivity index (χ2n) is 8.43. The second kappa shape index (κ2) is 10.2. The summed E-state index contributed by atoms with van der Waals surface area (Å²) in [6.07, 6.45) is 0.939. The van der Waals surface area contributed by atoms with Crippen LogP contribution in [0, 0.1) is 11.3 Å². The first-order chi connectivity index (χ1) is 17.5. The molecular formula is C27H24ClN5O2S. The second-order valence-corrected chi connectivity index (χ2v) is 9.89. The zero-order valence-electron chi connectivity index (χ0n) is 19.7. The lowest BCUT2D eigenvalue weighted by Crippen LogP contribution is -2.40. The molecule has 1 aliphatic heterocycles. The van der Waals surface area contributed by atoms with Crippen LogP contribution < -0.4 is 11.1 Å². The summed E-state index contributed by atoms with van der Waals surface area (Å²) in [5, 5.41) is 14.6. The Hall–Kier alpha value is -3.64. The highest BCUT2D eigenvalue weighted by atomic mass is 35.5. The Kier molecular flexibility index (Phi) is 6.79. The molecule has 36 heavy (non-hydrogen) atoms. The van der Waals surface area contributed by atoms with Gasteiger partial charge in [-0.3, -0.25) is 4.79 Å². The number of rotatable bonds is 5. The maximum atomic E-state index is 13.8. The monoisotopic (exact) mass is 517 g/mol. The van der Waals surface area contributed by atoms with Gasteiger partial charge < -0.3 is 20.7 Å². The van der Waals surface area contributed by atoms with Gasteiger partial charge in [0.2, 0.25) is 0 Å². The van der Waals surface area contributed by atoms with Gasteiger partial charge >= 0.3 is 0 Å². The molecule has 7 nitrogen and oxygen atoms in total. The van der Waals surface area contributed by atoms with E-state index >= 15 is 0 Å². The normalized spacial score (nSPS) is 13.5. The lowest BCUT2D eigenvalue weighted by molar-refractivity contribution is 0.0305. The van der Waals surface area contributed by atoms with E-state index in [4.69, 9.17) is 22.1 Å². The highest BCUT2D eigenvalue weighted by Gasteiger charge is 2.29. The van der Waals surface area contributed by atoms with Crippen LogP contribution in [0.4, 0.5) is 16.5 Å². The number of ether oxygens (including phenoxy) is 1. The molecule has 0 spiro atoms. The van der Waals surface area contributed by atoms with Crippen LogP contribution in [0.25, 0.3) is 21.3 Å². The van der Waals surface area contributed by atoms with E-state index < -0.39 is 0 Å². The molecule has 9 heteroatoms. The maximum Gasteiger partial charge on any atom is 0.259 e. The molecule has 182 valence electrons. The number of carbonyl (C=O) groups is 1. The van der Waals surface area contributed by atoms with Crippen LogP contribution >= 0.6 is 22.9 Å². The van der Waals surface area contributed by atoms with Gasteiger partial charge in [0.1, 0.15) is 28.0 Å². The van der Waals surface area contributed by atoms with Gasteiger partial charge in [0, 0.05) is 29.4 Å². The van der Waals surface area contributed by atoms with Crippen molar-refractivity contribution in [2.45, 2.75) is 13.3 Å². The van der Waals surface area contributed by atoms with Crippen LogP contribution in [-0.2, 0) is 11.2 Å². The average molecular weight is 518 g/mol. The number of nitrogens with zero attached hydrogens (tertiary/aromatic N) is 3. The molecule has 2 aromatic heterocycles. The Morgan fingerprint density at radius 2 is 1.89 bits per heavy atom. The van der Waals surface area contributed by atoms with Crippen LogP contribution in [-0.4, -0.2) is 42.1 Å². The number of nitrogens with one attached hydrogen (secondary N) is 1. The third kappa shape index (κ3) is 4.49. The van der Waals surface area contributed by atoms with Crippen molar-refractivity contribution in [2.24, 2.45) is 0 Å². The molecule has 0 saturated carbocycles. The summed E-state index contributed by atoms with van der Waals surface area (Å²) in [6.45, 7) is 4.07. The summed E-state index contributed by atoms with van der Waals surface area (Å²) in [6, 6.07) is 17.5.